The second kappa shape index (κ2) is 10.2. The number of carboxylic acid groups (broad SMARTS) is 1. The number of aliphatic carboxylic acids is 1. The van der Waals surface area contributed by atoms with Crippen molar-refractivity contribution < 1.29 is 37.0 Å². The van der Waals surface area contributed by atoms with Crippen LogP contribution in [0.4, 0.5) is 17.6 Å². The lowest BCUT2D eigenvalue weighted by molar-refractivity contribution is -0.138. The molecule has 192 valence electrons. The fourth-order valence-corrected chi connectivity index (χ4v) is 4.90. The number of halogens is 4. The van der Waals surface area contributed by atoms with E-state index in [9.17, 15) is 32.3 Å². The van der Waals surface area contributed by atoms with Crippen molar-refractivity contribution in [2.75, 3.05) is 13.2 Å². The molecule has 3 aromatic rings. The Balaban J connectivity index is 1.52. The molecule has 2 aromatic carbocycles. The lowest BCUT2D eigenvalue weighted by atomic mass is 9.90. The summed E-state index contributed by atoms with van der Waals surface area (Å²) in [6.07, 6.45) is -2.61. The van der Waals surface area contributed by atoms with E-state index in [0.717, 1.165) is 23.4 Å². The van der Waals surface area contributed by atoms with Gasteiger partial charge in [-0.3, -0.25) is 9.59 Å². The van der Waals surface area contributed by atoms with Crippen molar-refractivity contribution in [3.8, 4) is 5.75 Å². The van der Waals surface area contributed by atoms with Crippen LogP contribution in [0.5, 0.6) is 5.75 Å². The van der Waals surface area contributed by atoms with Gasteiger partial charge in [0.05, 0.1) is 12.1 Å². The molecule has 1 aliphatic rings. The molecule has 1 amide bonds. The van der Waals surface area contributed by atoms with Crippen molar-refractivity contribution in [3.05, 3.63) is 65.1 Å². The van der Waals surface area contributed by atoms with Gasteiger partial charge >= 0.3 is 12.1 Å². The third-order valence-corrected chi connectivity index (χ3v) is 6.54. The van der Waals surface area contributed by atoms with Crippen LogP contribution in [0.25, 0.3) is 10.9 Å². The van der Waals surface area contributed by atoms with Gasteiger partial charge in [0.15, 0.2) is 0 Å². The molecule has 0 spiro atoms. The number of ether oxygens (including phenoxy) is 1. The van der Waals surface area contributed by atoms with Crippen LogP contribution in [0.15, 0.2) is 42.5 Å². The van der Waals surface area contributed by atoms with Crippen LogP contribution in [-0.4, -0.2) is 45.6 Å². The molecular weight excluding hydrogens is 480 g/mol. The number of aromatic nitrogens is 1. The maximum Gasteiger partial charge on any atom is 0.416 e. The molecule has 1 atom stereocenters. The van der Waals surface area contributed by atoms with E-state index >= 15 is 0 Å². The molecule has 4 rings (SSSR count). The second-order valence-corrected chi connectivity index (χ2v) is 8.77. The predicted molar refractivity (Wildman–Crippen MR) is 124 cm³/mol. The van der Waals surface area contributed by atoms with Crippen molar-refractivity contribution in [3.63, 3.8) is 0 Å². The second-order valence-electron chi connectivity index (χ2n) is 8.77. The summed E-state index contributed by atoms with van der Waals surface area (Å²) in [7, 11) is 0. The van der Waals surface area contributed by atoms with Crippen LogP contribution in [0.1, 0.15) is 36.6 Å². The maximum atomic E-state index is 14.1. The summed E-state index contributed by atoms with van der Waals surface area (Å²) in [5.74, 6) is -1.25. The Morgan fingerprint density at radius 3 is 2.53 bits per heavy atom. The minimum absolute atomic E-state index is 0.0931. The van der Waals surface area contributed by atoms with E-state index in [2.05, 4.69) is 0 Å². The van der Waals surface area contributed by atoms with E-state index in [-0.39, 0.29) is 43.8 Å². The number of nitrogens with zero attached hydrogens (tertiary/aromatic N) is 2. The average Bonchev–Trinajstić information content (AvgIpc) is 3.12. The first kappa shape index (κ1) is 25.5. The molecule has 1 N–H and O–H groups in total. The Hall–Kier alpha value is -3.56. The van der Waals surface area contributed by atoms with Crippen molar-refractivity contribution in [1.29, 1.82) is 0 Å². The highest BCUT2D eigenvalue weighted by Gasteiger charge is 2.32. The van der Waals surface area contributed by atoms with Crippen LogP contribution in [0.2, 0.25) is 0 Å². The highest BCUT2D eigenvalue weighted by Crippen LogP contribution is 2.35. The zero-order chi connectivity index (χ0) is 26.0. The number of rotatable bonds is 8. The van der Waals surface area contributed by atoms with E-state index < -0.39 is 23.5 Å². The van der Waals surface area contributed by atoms with Crippen LogP contribution in [-0.2, 0) is 35.2 Å². The predicted octanol–water partition coefficient (Wildman–Crippen LogP) is 5.06. The molecule has 0 saturated heterocycles. The molecular formula is C26H26F4N2O4. The number of benzene rings is 2. The maximum absolute atomic E-state index is 14.1. The average molecular weight is 506 g/mol. The minimum atomic E-state index is -4.43. The van der Waals surface area contributed by atoms with Gasteiger partial charge in [-0.1, -0.05) is 6.92 Å². The smallest absolute Gasteiger partial charge is 0.416 e. The molecule has 0 aliphatic heterocycles. The number of carbonyl (C=O) groups excluding carboxylic acids is 1. The standard InChI is InChI=1S/C26H26F4N2O4/c1-2-24(33)31(11-12-36-19-7-3-16(4-8-19)26(28,29)30)18-6-10-23-21(14-18)20-13-17(27)5-9-22(20)32(23)15-25(34)35/h3-5,7-9,13,18H,2,6,10-12,14-15H2,1H3,(H,34,35). The van der Waals surface area contributed by atoms with Crippen LogP contribution >= 0.6 is 0 Å². The first-order valence-corrected chi connectivity index (χ1v) is 11.7. The number of hydrogen-bond donors (Lipinski definition) is 1. The van der Waals surface area contributed by atoms with E-state index in [1.807, 2.05) is 0 Å². The quantitative estimate of drug-likeness (QED) is 0.434. The Labute approximate surface area is 205 Å². The van der Waals surface area contributed by atoms with Crippen molar-refractivity contribution in [1.82, 2.24) is 9.47 Å². The SMILES string of the molecule is CCC(=O)N(CCOc1ccc(C(F)(F)F)cc1)C1CCc2c(c3cc(F)ccc3n2CC(=O)O)C1. The minimum Gasteiger partial charge on any atom is -0.492 e. The highest BCUT2D eigenvalue weighted by atomic mass is 19.4. The van der Waals surface area contributed by atoms with E-state index in [1.165, 1.54) is 24.3 Å². The molecule has 6 nitrogen and oxygen atoms in total. The van der Waals surface area contributed by atoms with E-state index in [4.69, 9.17) is 4.74 Å². The third-order valence-electron chi connectivity index (χ3n) is 6.54. The van der Waals surface area contributed by atoms with Crippen LogP contribution < -0.4 is 4.74 Å². The Kier molecular flexibility index (Phi) is 7.23. The number of carbonyl (C=O) groups is 2. The zero-order valence-electron chi connectivity index (χ0n) is 19.6. The fraction of sp³-hybridized carbons (Fsp3) is 0.385. The largest absolute Gasteiger partial charge is 0.492 e. The molecule has 1 aliphatic carbocycles. The van der Waals surface area contributed by atoms with Crippen LogP contribution in [0, 0.1) is 5.82 Å². The summed E-state index contributed by atoms with van der Waals surface area (Å²) >= 11 is 0. The lowest BCUT2D eigenvalue weighted by Crippen LogP contribution is -2.45. The van der Waals surface area contributed by atoms with Gasteiger partial charge in [0.25, 0.3) is 0 Å². The topological polar surface area (TPSA) is 71.8 Å². The molecule has 1 aromatic heterocycles. The van der Waals surface area contributed by atoms with Gasteiger partial charge in [-0.25, -0.2) is 4.39 Å². The molecule has 0 bridgehead atoms. The summed E-state index contributed by atoms with van der Waals surface area (Å²) in [6, 6.07) is 8.45. The number of carboxylic acids is 1. The molecule has 10 heteroatoms. The Morgan fingerprint density at radius 2 is 1.89 bits per heavy atom. The van der Waals surface area contributed by atoms with Crippen molar-refractivity contribution in [2.24, 2.45) is 0 Å². The van der Waals surface area contributed by atoms with Crippen LogP contribution in [0.3, 0.4) is 0 Å². The number of amides is 1. The molecule has 0 radical (unpaired) electrons. The first-order valence-electron chi connectivity index (χ1n) is 11.7. The molecule has 0 saturated carbocycles. The normalized spacial score (nSPS) is 15.5. The Morgan fingerprint density at radius 1 is 1.17 bits per heavy atom. The molecule has 36 heavy (non-hydrogen) atoms. The summed E-state index contributed by atoms with van der Waals surface area (Å²) in [4.78, 5) is 25.9. The van der Waals surface area contributed by atoms with Gasteiger partial charge in [0.2, 0.25) is 5.91 Å². The highest BCUT2D eigenvalue weighted by molar-refractivity contribution is 5.87. The van der Waals surface area contributed by atoms with Crippen molar-refractivity contribution in [2.45, 2.75) is 51.4 Å². The monoisotopic (exact) mass is 506 g/mol. The zero-order valence-corrected chi connectivity index (χ0v) is 19.6. The van der Waals surface area contributed by atoms with Gasteiger partial charge in [-0.05, 0) is 67.3 Å². The van der Waals surface area contributed by atoms with Crippen molar-refractivity contribution >= 4 is 22.8 Å². The summed E-state index contributed by atoms with van der Waals surface area (Å²) < 4.78 is 59.7. The first-order chi connectivity index (χ1) is 17.1. The summed E-state index contributed by atoms with van der Waals surface area (Å²) in [6.45, 7) is 1.83. The lowest BCUT2D eigenvalue weighted by Gasteiger charge is -2.35. The number of fused-ring (bicyclic) bond motifs is 3. The van der Waals surface area contributed by atoms with E-state index in [0.29, 0.717) is 30.2 Å². The molecule has 1 heterocycles. The number of alkyl halides is 3. The summed E-state index contributed by atoms with van der Waals surface area (Å²) in [5, 5.41) is 10.0. The molecule has 1 unspecified atom stereocenters. The number of hydrogen-bond acceptors (Lipinski definition) is 3. The Bertz CT molecular complexity index is 1270. The van der Waals surface area contributed by atoms with Gasteiger partial charge < -0.3 is 19.3 Å². The van der Waals surface area contributed by atoms with Gasteiger partial charge in [0.1, 0.15) is 24.7 Å². The summed E-state index contributed by atoms with van der Waals surface area (Å²) in [5.41, 5.74) is 1.54. The van der Waals surface area contributed by atoms with Gasteiger partial charge in [0, 0.05) is 29.1 Å². The van der Waals surface area contributed by atoms with Gasteiger partial charge in [-0.15, -0.1) is 0 Å². The van der Waals surface area contributed by atoms with E-state index in [1.54, 1.807) is 22.5 Å². The third kappa shape index (κ3) is 5.32. The van der Waals surface area contributed by atoms with Gasteiger partial charge in [-0.2, -0.15) is 13.2 Å². The molecule has 0 fully saturated rings. The fourth-order valence-electron chi connectivity index (χ4n) is 4.90.